The van der Waals surface area contributed by atoms with Crippen LogP contribution in [0.4, 0.5) is 0 Å². The Morgan fingerprint density at radius 1 is 1.12 bits per heavy atom. The van der Waals surface area contributed by atoms with E-state index in [2.05, 4.69) is 4.90 Å². The summed E-state index contributed by atoms with van der Waals surface area (Å²) >= 11 is 0. The number of aromatic nitrogens is 1. The van der Waals surface area contributed by atoms with Crippen LogP contribution in [0.15, 0.2) is 28.0 Å². The van der Waals surface area contributed by atoms with Crippen LogP contribution in [0, 0.1) is 0 Å². The highest BCUT2D eigenvalue weighted by Gasteiger charge is 2.24. The second-order valence-electron chi connectivity index (χ2n) is 6.10. The summed E-state index contributed by atoms with van der Waals surface area (Å²) in [6.45, 7) is 6.86. The third-order valence-electron chi connectivity index (χ3n) is 4.46. The minimum absolute atomic E-state index is 0.0296. The van der Waals surface area contributed by atoms with Gasteiger partial charge in [0.25, 0.3) is 5.56 Å². The Kier molecular flexibility index (Phi) is 6.36. The quantitative estimate of drug-likeness (QED) is 0.684. The molecular formula is C16H26N4O4S. The number of piperazine rings is 1. The van der Waals surface area contributed by atoms with Crippen molar-refractivity contribution in [3.63, 3.8) is 0 Å². The molecule has 0 unspecified atom stereocenters. The van der Waals surface area contributed by atoms with Gasteiger partial charge in [0.15, 0.2) is 0 Å². The maximum Gasteiger partial charge on any atom is 0.251 e. The molecule has 8 nitrogen and oxygen atoms in total. The average Bonchev–Trinajstić information content (AvgIpc) is 2.58. The molecule has 0 radical (unpaired) electrons. The van der Waals surface area contributed by atoms with E-state index in [0.717, 1.165) is 13.1 Å². The van der Waals surface area contributed by atoms with Crippen LogP contribution < -0.4 is 5.56 Å². The highest BCUT2D eigenvalue weighted by Crippen LogP contribution is 2.13. The Balaban J connectivity index is 2.22. The molecule has 1 aromatic rings. The van der Waals surface area contributed by atoms with Gasteiger partial charge in [-0.3, -0.25) is 9.59 Å². The molecule has 0 bridgehead atoms. The largest absolute Gasteiger partial charge is 0.339 e. The Bertz CT molecular complexity index is 763. The molecule has 0 spiro atoms. The van der Waals surface area contributed by atoms with Crippen LogP contribution in [-0.4, -0.2) is 79.3 Å². The molecule has 0 aliphatic carbocycles. The summed E-state index contributed by atoms with van der Waals surface area (Å²) in [4.78, 5) is 28.3. The first kappa shape index (κ1) is 19.6. The molecular weight excluding hydrogens is 344 g/mol. The van der Waals surface area contributed by atoms with Gasteiger partial charge in [-0.25, -0.2) is 8.42 Å². The summed E-state index contributed by atoms with van der Waals surface area (Å²) in [6.07, 6.45) is 1.27. The zero-order valence-corrected chi connectivity index (χ0v) is 15.8. The molecule has 2 rings (SSSR count). The van der Waals surface area contributed by atoms with Gasteiger partial charge in [0.05, 0.1) is 4.90 Å². The third kappa shape index (κ3) is 4.47. The highest BCUT2D eigenvalue weighted by atomic mass is 32.2. The van der Waals surface area contributed by atoms with E-state index < -0.39 is 10.0 Å². The van der Waals surface area contributed by atoms with Gasteiger partial charge in [0, 0.05) is 51.5 Å². The van der Waals surface area contributed by atoms with Gasteiger partial charge in [0.1, 0.15) is 6.54 Å². The molecule has 1 saturated heterocycles. The zero-order chi connectivity index (χ0) is 18.6. The Hall–Kier alpha value is -1.71. The van der Waals surface area contributed by atoms with E-state index in [0.29, 0.717) is 26.2 Å². The van der Waals surface area contributed by atoms with Crippen molar-refractivity contribution >= 4 is 15.9 Å². The first-order chi connectivity index (χ1) is 11.8. The molecule has 1 fully saturated rings. The first-order valence-electron chi connectivity index (χ1n) is 8.46. The average molecular weight is 370 g/mol. The lowest BCUT2D eigenvalue weighted by Gasteiger charge is -2.32. The van der Waals surface area contributed by atoms with Crippen LogP contribution in [-0.2, 0) is 21.4 Å². The van der Waals surface area contributed by atoms with Crippen LogP contribution in [0.1, 0.15) is 13.8 Å². The molecule has 1 aromatic heterocycles. The predicted molar refractivity (Wildman–Crippen MR) is 94.9 cm³/mol. The smallest absolute Gasteiger partial charge is 0.251 e. The Morgan fingerprint density at radius 3 is 2.28 bits per heavy atom. The number of nitrogens with zero attached hydrogens (tertiary/aromatic N) is 4. The number of amides is 1. The maximum atomic E-state index is 12.6. The first-order valence-corrected chi connectivity index (χ1v) is 9.90. The molecule has 0 aromatic carbocycles. The van der Waals surface area contributed by atoms with Crippen LogP contribution in [0.5, 0.6) is 0 Å². The van der Waals surface area contributed by atoms with Crippen molar-refractivity contribution in [3.8, 4) is 0 Å². The van der Waals surface area contributed by atoms with Gasteiger partial charge in [0.2, 0.25) is 15.9 Å². The van der Waals surface area contributed by atoms with Crippen LogP contribution >= 0.6 is 0 Å². The van der Waals surface area contributed by atoms with E-state index in [-0.39, 0.29) is 22.9 Å². The van der Waals surface area contributed by atoms with Crippen molar-refractivity contribution in [1.29, 1.82) is 0 Å². The summed E-state index contributed by atoms with van der Waals surface area (Å²) in [7, 11) is -1.67. The maximum absolute atomic E-state index is 12.6. The lowest BCUT2D eigenvalue weighted by molar-refractivity contribution is -0.133. The molecule has 140 valence electrons. The van der Waals surface area contributed by atoms with Crippen LogP contribution in [0.2, 0.25) is 0 Å². The number of pyridine rings is 1. The summed E-state index contributed by atoms with van der Waals surface area (Å²) in [5.74, 6) is -0.174. The fourth-order valence-electron chi connectivity index (χ4n) is 2.80. The molecule has 0 N–H and O–H groups in total. The van der Waals surface area contributed by atoms with E-state index in [4.69, 9.17) is 0 Å². The van der Waals surface area contributed by atoms with E-state index in [1.54, 1.807) is 18.7 Å². The fraction of sp³-hybridized carbons (Fsp3) is 0.625. The number of hydrogen-bond donors (Lipinski definition) is 0. The Morgan fingerprint density at radius 2 is 1.72 bits per heavy atom. The Labute approximate surface area is 148 Å². The van der Waals surface area contributed by atoms with Crippen LogP contribution in [0.3, 0.4) is 0 Å². The lowest BCUT2D eigenvalue weighted by atomic mass is 10.3. The zero-order valence-electron chi connectivity index (χ0n) is 15.0. The summed E-state index contributed by atoms with van der Waals surface area (Å²) in [5.41, 5.74) is -0.388. The molecule has 2 heterocycles. The van der Waals surface area contributed by atoms with Gasteiger partial charge in [-0.05, 0) is 13.1 Å². The number of sulfonamides is 1. The molecule has 0 saturated carbocycles. The lowest BCUT2D eigenvalue weighted by Crippen LogP contribution is -2.48. The minimum Gasteiger partial charge on any atom is -0.339 e. The molecule has 1 aliphatic heterocycles. The fourth-order valence-corrected chi connectivity index (χ4v) is 4.28. The van der Waals surface area contributed by atoms with Crippen molar-refractivity contribution in [2.24, 2.45) is 0 Å². The van der Waals surface area contributed by atoms with Crippen molar-refractivity contribution in [3.05, 3.63) is 28.7 Å². The van der Waals surface area contributed by atoms with Crippen molar-refractivity contribution in [2.45, 2.75) is 25.3 Å². The highest BCUT2D eigenvalue weighted by molar-refractivity contribution is 7.89. The van der Waals surface area contributed by atoms with Crippen molar-refractivity contribution in [1.82, 2.24) is 18.7 Å². The van der Waals surface area contributed by atoms with E-state index in [9.17, 15) is 18.0 Å². The predicted octanol–water partition coefficient (Wildman–Crippen LogP) is -0.347. The number of carbonyl (C=O) groups is 1. The number of carbonyl (C=O) groups excluding carboxylic acids is 1. The number of likely N-dealkylation sites (N-methyl/N-ethyl adjacent to an activating group) is 1. The molecule has 1 aliphatic rings. The van der Waals surface area contributed by atoms with E-state index in [1.165, 1.54) is 27.2 Å². The van der Waals surface area contributed by atoms with Crippen LogP contribution in [0.25, 0.3) is 0 Å². The molecule has 25 heavy (non-hydrogen) atoms. The minimum atomic E-state index is -3.67. The summed E-state index contributed by atoms with van der Waals surface area (Å²) in [5, 5.41) is 0. The van der Waals surface area contributed by atoms with Crippen molar-refractivity contribution in [2.75, 3.05) is 46.3 Å². The van der Waals surface area contributed by atoms with Gasteiger partial charge < -0.3 is 14.4 Å². The SMILES string of the molecule is CCN(CC)S(=O)(=O)c1ccc(=O)n(CC(=O)N2CCN(C)CC2)c1. The second-order valence-corrected chi connectivity index (χ2v) is 8.04. The van der Waals surface area contributed by atoms with Crippen molar-refractivity contribution < 1.29 is 13.2 Å². The standard InChI is InChI=1S/C16H26N4O4S/c1-4-20(5-2)25(23,24)14-6-7-15(21)19(12-14)13-16(22)18-10-8-17(3)9-11-18/h6-7,12H,4-5,8-11,13H2,1-3H3. The van der Waals surface area contributed by atoms with Gasteiger partial charge >= 0.3 is 0 Å². The molecule has 0 atom stereocenters. The van der Waals surface area contributed by atoms with E-state index in [1.807, 2.05) is 7.05 Å². The molecule has 9 heteroatoms. The van der Waals surface area contributed by atoms with Gasteiger partial charge in [-0.1, -0.05) is 13.8 Å². The number of rotatable bonds is 6. The molecule has 1 amide bonds. The number of hydrogen-bond acceptors (Lipinski definition) is 5. The third-order valence-corrected chi connectivity index (χ3v) is 6.49. The van der Waals surface area contributed by atoms with Gasteiger partial charge in [-0.15, -0.1) is 0 Å². The van der Waals surface area contributed by atoms with Gasteiger partial charge in [-0.2, -0.15) is 4.31 Å². The normalized spacial score (nSPS) is 16.4. The second kappa shape index (κ2) is 8.11. The summed E-state index contributed by atoms with van der Waals surface area (Å²) < 4.78 is 27.7. The monoisotopic (exact) mass is 370 g/mol. The summed E-state index contributed by atoms with van der Waals surface area (Å²) in [6, 6.07) is 2.50. The van der Waals surface area contributed by atoms with E-state index >= 15 is 0 Å². The topological polar surface area (TPSA) is 82.9 Å².